The molecule has 21 heavy (non-hydrogen) atoms. The summed E-state index contributed by atoms with van der Waals surface area (Å²) in [5, 5.41) is 0. The van der Waals surface area contributed by atoms with Crippen LogP contribution in [-0.4, -0.2) is 19.0 Å². The maximum absolute atomic E-state index is 5.86. The Morgan fingerprint density at radius 2 is 0.857 bits per heavy atom. The summed E-state index contributed by atoms with van der Waals surface area (Å²) in [6.07, 6.45) is 15.7. The van der Waals surface area contributed by atoms with Crippen molar-refractivity contribution in [3.63, 3.8) is 0 Å². The van der Waals surface area contributed by atoms with Gasteiger partial charge in [-0.15, -0.1) is 0 Å². The molecular formula is C19H40O2. The summed E-state index contributed by atoms with van der Waals surface area (Å²) < 4.78 is 11.7. The molecule has 0 aliphatic rings. The first-order valence-corrected chi connectivity index (χ1v) is 9.40. The molecule has 0 saturated carbocycles. The number of hydrogen-bond donors (Lipinski definition) is 0. The Kier molecular flexibility index (Phi) is 14.8. The lowest BCUT2D eigenvalue weighted by Crippen LogP contribution is -2.29. The van der Waals surface area contributed by atoms with Gasteiger partial charge in [-0.25, -0.2) is 0 Å². The molecule has 0 saturated heterocycles. The quantitative estimate of drug-likeness (QED) is 0.240. The van der Waals surface area contributed by atoms with E-state index in [1.54, 1.807) is 0 Å². The fraction of sp³-hybridized carbons (Fsp3) is 1.00. The number of unbranched alkanes of at least 4 members (excludes halogenated alkanes) is 10. The van der Waals surface area contributed by atoms with E-state index in [2.05, 4.69) is 13.8 Å². The van der Waals surface area contributed by atoms with Crippen molar-refractivity contribution in [2.24, 2.45) is 0 Å². The Morgan fingerprint density at radius 3 is 1.24 bits per heavy atom. The monoisotopic (exact) mass is 300 g/mol. The van der Waals surface area contributed by atoms with Crippen LogP contribution in [0.3, 0.4) is 0 Å². The van der Waals surface area contributed by atoms with Crippen molar-refractivity contribution in [3.05, 3.63) is 0 Å². The van der Waals surface area contributed by atoms with E-state index in [1.165, 1.54) is 64.2 Å². The molecule has 0 radical (unpaired) electrons. The fourth-order valence-electron chi connectivity index (χ4n) is 2.44. The summed E-state index contributed by atoms with van der Waals surface area (Å²) in [6, 6.07) is 0. The molecule has 0 aromatic carbocycles. The average Bonchev–Trinajstić information content (AvgIpc) is 2.45. The molecule has 0 amide bonds. The van der Waals surface area contributed by atoms with Gasteiger partial charge in [-0.2, -0.15) is 0 Å². The van der Waals surface area contributed by atoms with E-state index in [0.717, 1.165) is 26.1 Å². The predicted molar refractivity (Wildman–Crippen MR) is 92.7 cm³/mol. The Hall–Kier alpha value is -0.0800. The molecule has 0 bridgehead atoms. The summed E-state index contributed by atoms with van der Waals surface area (Å²) in [5.41, 5.74) is 0. The minimum Gasteiger partial charge on any atom is -0.351 e. The third kappa shape index (κ3) is 16.1. The first-order chi connectivity index (χ1) is 10.1. The minimum atomic E-state index is -0.410. The van der Waals surface area contributed by atoms with Gasteiger partial charge in [-0.3, -0.25) is 0 Å². The molecule has 0 N–H and O–H groups in total. The largest absolute Gasteiger partial charge is 0.351 e. The zero-order valence-corrected chi connectivity index (χ0v) is 15.2. The zero-order valence-electron chi connectivity index (χ0n) is 15.2. The van der Waals surface area contributed by atoms with Crippen LogP contribution in [0, 0.1) is 0 Å². The summed E-state index contributed by atoms with van der Waals surface area (Å²) >= 11 is 0. The van der Waals surface area contributed by atoms with Gasteiger partial charge in [-0.1, -0.05) is 78.1 Å². The smallest absolute Gasteiger partial charge is 0.162 e. The fourth-order valence-corrected chi connectivity index (χ4v) is 2.44. The molecular weight excluding hydrogens is 260 g/mol. The van der Waals surface area contributed by atoms with Gasteiger partial charge in [0.2, 0.25) is 0 Å². The van der Waals surface area contributed by atoms with Gasteiger partial charge in [-0.05, 0) is 26.7 Å². The Balaban J connectivity index is 3.35. The van der Waals surface area contributed by atoms with Crippen LogP contribution in [0.2, 0.25) is 0 Å². The van der Waals surface area contributed by atoms with Gasteiger partial charge in [0.25, 0.3) is 0 Å². The second-order valence-electron chi connectivity index (χ2n) is 6.63. The zero-order chi connectivity index (χ0) is 15.8. The lowest BCUT2D eigenvalue weighted by Gasteiger charge is -2.25. The van der Waals surface area contributed by atoms with Gasteiger partial charge in [0.15, 0.2) is 5.79 Å². The van der Waals surface area contributed by atoms with E-state index in [4.69, 9.17) is 9.47 Å². The van der Waals surface area contributed by atoms with Gasteiger partial charge in [0.05, 0.1) is 0 Å². The van der Waals surface area contributed by atoms with Crippen molar-refractivity contribution < 1.29 is 9.47 Å². The first kappa shape index (κ1) is 20.9. The maximum atomic E-state index is 5.86. The molecule has 0 fully saturated rings. The Bertz CT molecular complexity index is 182. The second kappa shape index (κ2) is 14.8. The molecule has 2 nitrogen and oxygen atoms in total. The van der Waals surface area contributed by atoms with Crippen LogP contribution in [0.1, 0.15) is 105 Å². The standard InChI is InChI=1S/C19H40O2/c1-5-7-9-11-13-15-17-20-19(3,4)21-18-16-14-12-10-8-6-2/h5-18H2,1-4H3. The van der Waals surface area contributed by atoms with Crippen molar-refractivity contribution in [1.82, 2.24) is 0 Å². The molecule has 0 spiro atoms. The predicted octanol–water partition coefficient (Wildman–Crippen LogP) is 6.48. The Labute approximate surface area is 134 Å². The van der Waals surface area contributed by atoms with Gasteiger partial charge in [0, 0.05) is 13.2 Å². The van der Waals surface area contributed by atoms with Crippen LogP contribution in [0.25, 0.3) is 0 Å². The summed E-state index contributed by atoms with van der Waals surface area (Å²) in [4.78, 5) is 0. The normalized spacial score (nSPS) is 12.0. The molecule has 0 heterocycles. The highest BCUT2D eigenvalue weighted by molar-refractivity contribution is 4.55. The summed E-state index contributed by atoms with van der Waals surface area (Å²) in [5.74, 6) is -0.410. The molecule has 0 aliphatic carbocycles. The van der Waals surface area contributed by atoms with Crippen molar-refractivity contribution in [1.29, 1.82) is 0 Å². The lowest BCUT2D eigenvalue weighted by molar-refractivity contribution is -0.214. The van der Waals surface area contributed by atoms with Crippen LogP contribution in [0.4, 0.5) is 0 Å². The summed E-state index contributed by atoms with van der Waals surface area (Å²) in [7, 11) is 0. The van der Waals surface area contributed by atoms with Crippen LogP contribution in [0.15, 0.2) is 0 Å². The summed E-state index contributed by atoms with van der Waals surface area (Å²) in [6.45, 7) is 10.3. The van der Waals surface area contributed by atoms with Gasteiger partial charge in [0.1, 0.15) is 0 Å². The van der Waals surface area contributed by atoms with Crippen molar-refractivity contribution >= 4 is 0 Å². The maximum Gasteiger partial charge on any atom is 0.162 e. The molecule has 0 aromatic heterocycles. The number of hydrogen-bond acceptors (Lipinski definition) is 2. The molecule has 0 rings (SSSR count). The minimum absolute atomic E-state index is 0.410. The van der Waals surface area contributed by atoms with Gasteiger partial charge >= 0.3 is 0 Å². The van der Waals surface area contributed by atoms with Crippen LogP contribution in [0.5, 0.6) is 0 Å². The van der Waals surface area contributed by atoms with Crippen LogP contribution >= 0.6 is 0 Å². The topological polar surface area (TPSA) is 18.5 Å². The molecule has 0 aliphatic heterocycles. The molecule has 128 valence electrons. The molecule has 2 heteroatoms. The number of ether oxygens (including phenoxy) is 2. The van der Waals surface area contributed by atoms with E-state index < -0.39 is 5.79 Å². The molecule has 0 aromatic rings. The van der Waals surface area contributed by atoms with E-state index in [0.29, 0.717) is 0 Å². The third-order valence-corrected chi connectivity index (χ3v) is 3.90. The Morgan fingerprint density at radius 1 is 0.524 bits per heavy atom. The van der Waals surface area contributed by atoms with E-state index in [1.807, 2.05) is 13.8 Å². The first-order valence-electron chi connectivity index (χ1n) is 9.40. The highest BCUT2D eigenvalue weighted by Gasteiger charge is 2.17. The average molecular weight is 301 g/mol. The van der Waals surface area contributed by atoms with Crippen LogP contribution < -0.4 is 0 Å². The lowest BCUT2D eigenvalue weighted by atomic mass is 10.1. The van der Waals surface area contributed by atoms with E-state index in [9.17, 15) is 0 Å². The second-order valence-corrected chi connectivity index (χ2v) is 6.63. The highest BCUT2D eigenvalue weighted by atomic mass is 16.7. The SMILES string of the molecule is CCCCCCCCOC(C)(C)OCCCCCCCC. The van der Waals surface area contributed by atoms with Crippen molar-refractivity contribution in [3.8, 4) is 0 Å². The van der Waals surface area contributed by atoms with Crippen LogP contribution in [-0.2, 0) is 9.47 Å². The van der Waals surface area contributed by atoms with E-state index >= 15 is 0 Å². The number of rotatable bonds is 16. The van der Waals surface area contributed by atoms with Crippen molar-refractivity contribution in [2.75, 3.05) is 13.2 Å². The third-order valence-electron chi connectivity index (χ3n) is 3.90. The van der Waals surface area contributed by atoms with E-state index in [-0.39, 0.29) is 0 Å². The molecule has 0 atom stereocenters. The van der Waals surface area contributed by atoms with Crippen molar-refractivity contribution in [2.45, 2.75) is 111 Å². The van der Waals surface area contributed by atoms with Gasteiger partial charge < -0.3 is 9.47 Å². The highest BCUT2D eigenvalue weighted by Crippen LogP contribution is 2.14. The molecule has 0 unspecified atom stereocenters.